The van der Waals surface area contributed by atoms with E-state index in [-0.39, 0.29) is 11.8 Å². The summed E-state index contributed by atoms with van der Waals surface area (Å²) in [6, 6.07) is 14.2. The highest BCUT2D eigenvalue weighted by molar-refractivity contribution is 7.19. The zero-order chi connectivity index (χ0) is 23.2. The van der Waals surface area contributed by atoms with Crippen LogP contribution in [0, 0.1) is 0 Å². The molecule has 0 bridgehead atoms. The number of carbonyl (C=O) groups excluding carboxylic acids is 1. The number of hydrogen-bond donors (Lipinski definition) is 0. The van der Waals surface area contributed by atoms with Gasteiger partial charge in [0, 0.05) is 42.5 Å². The lowest BCUT2D eigenvalue weighted by molar-refractivity contribution is 0.0747. The zero-order valence-electron chi connectivity index (χ0n) is 19.9. The minimum atomic E-state index is 0.119. The van der Waals surface area contributed by atoms with Gasteiger partial charge in [-0.3, -0.25) is 4.79 Å². The highest BCUT2D eigenvalue weighted by atomic mass is 32.1. The van der Waals surface area contributed by atoms with Crippen LogP contribution in [-0.4, -0.2) is 47.0 Å². The van der Waals surface area contributed by atoms with Gasteiger partial charge in [-0.1, -0.05) is 44.2 Å². The molecule has 0 N–H and O–H groups in total. The molecule has 6 rings (SSSR count). The fraction of sp³-hybridized carbons (Fsp3) is 0.393. The van der Waals surface area contributed by atoms with Crippen molar-refractivity contribution >= 4 is 44.1 Å². The summed E-state index contributed by atoms with van der Waals surface area (Å²) >= 11 is 1.87. The number of nitrogens with zero attached hydrogens (tertiary/aromatic N) is 4. The third-order valence-corrected chi connectivity index (χ3v) is 8.38. The summed E-state index contributed by atoms with van der Waals surface area (Å²) in [5, 5.41) is 3.55. The van der Waals surface area contributed by atoms with Gasteiger partial charge in [-0.05, 0) is 54.2 Å². The van der Waals surface area contributed by atoms with E-state index in [1.807, 2.05) is 46.6 Å². The van der Waals surface area contributed by atoms with E-state index < -0.39 is 0 Å². The Bertz CT molecular complexity index is 1380. The number of carbonyl (C=O) groups is 1. The van der Waals surface area contributed by atoms with Gasteiger partial charge in [-0.25, -0.2) is 9.97 Å². The Morgan fingerprint density at radius 1 is 0.941 bits per heavy atom. The number of amides is 1. The number of anilines is 1. The third-order valence-electron chi connectivity index (χ3n) is 7.19. The van der Waals surface area contributed by atoms with Gasteiger partial charge in [0.1, 0.15) is 16.5 Å². The second-order valence-electron chi connectivity index (χ2n) is 9.79. The Hall–Kier alpha value is -2.99. The van der Waals surface area contributed by atoms with Crippen LogP contribution in [0.4, 0.5) is 5.82 Å². The molecule has 34 heavy (non-hydrogen) atoms. The maximum Gasteiger partial charge on any atom is 0.253 e. The van der Waals surface area contributed by atoms with Crippen LogP contribution in [0.1, 0.15) is 59.2 Å². The maximum absolute atomic E-state index is 13.3. The highest BCUT2D eigenvalue weighted by Gasteiger charge is 2.28. The van der Waals surface area contributed by atoms with E-state index in [1.165, 1.54) is 35.1 Å². The van der Waals surface area contributed by atoms with Gasteiger partial charge in [-0.2, -0.15) is 0 Å². The number of aromatic nitrogens is 2. The van der Waals surface area contributed by atoms with Gasteiger partial charge in [0.15, 0.2) is 0 Å². The first-order valence-electron chi connectivity index (χ1n) is 12.4. The van der Waals surface area contributed by atoms with Crippen LogP contribution in [0.5, 0.6) is 0 Å². The molecule has 0 saturated carbocycles. The van der Waals surface area contributed by atoms with Crippen LogP contribution in [0.2, 0.25) is 0 Å². The maximum atomic E-state index is 13.3. The number of benzene rings is 2. The lowest BCUT2D eigenvalue weighted by Crippen LogP contribution is -2.49. The molecule has 4 aromatic rings. The Morgan fingerprint density at radius 3 is 2.50 bits per heavy atom. The quantitative estimate of drug-likeness (QED) is 0.379. The number of fused-ring (bicyclic) bond motifs is 4. The van der Waals surface area contributed by atoms with E-state index in [0.717, 1.165) is 52.3 Å². The second kappa shape index (κ2) is 8.66. The lowest BCUT2D eigenvalue weighted by atomic mass is 9.96. The molecule has 0 radical (unpaired) electrons. The van der Waals surface area contributed by atoms with E-state index in [4.69, 9.17) is 9.97 Å². The fourth-order valence-electron chi connectivity index (χ4n) is 5.27. The fourth-order valence-corrected chi connectivity index (χ4v) is 6.53. The van der Waals surface area contributed by atoms with Gasteiger partial charge < -0.3 is 9.80 Å². The number of piperazine rings is 1. The summed E-state index contributed by atoms with van der Waals surface area (Å²) < 4.78 is 0. The van der Waals surface area contributed by atoms with E-state index in [2.05, 4.69) is 30.9 Å². The first-order chi connectivity index (χ1) is 16.6. The highest BCUT2D eigenvalue weighted by Crippen LogP contribution is 2.40. The van der Waals surface area contributed by atoms with Crippen molar-refractivity contribution in [3.8, 4) is 0 Å². The van der Waals surface area contributed by atoms with Gasteiger partial charge in [0.05, 0.1) is 5.39 Å². The number of rotatable bonds is 3. The first-order valence-corrected chi connectivity index (χ1v) is 13.3. The minimum absolute atomic E-state index is 0.119. The van der Waals surface area contributed by atoms with Crippen LogP contribution < -0.4 is 4.90 Å². The van der Waals surface area contributed by atoms with Gasteiger partial charge >= 0.3 is 0 Å². The van der Waals surface area contributed by atoms with Crippen LogP contribution >= 0.6 is 11.3 Å². The summed E-state index contributed by atoms with van der Waals surface area (Å²) in [5.41, 5.74) is 2.25. The van der Waals surface area contributed by atoms with Crippen molar-refractivity contribution in [2.45, 2.75) is 45.4 Å². The number of aryl methyl sites for hydroxylation is 2. The molecule has 2 aliphatic rings. The predicted molar refractivity (Wildman–Crippen MR) is 140 cm³/mol. The van der Waals surface area contributed by atoms with E-state index in [0.29, 0.717) is 13.1 Å². The average Bonchev–Trinajstić information content (AvgIpc) is 3.26. The Morgan fingerprint density at radius 2 is 1.71 bits per heavy atom. The first kappa shape index (κ1) is 21.5. The molecule has 2 aromatic carbocycles. The van der Waals surface area contributed by atoms with Gasteiger partial charge in [-0.15, -0.1) is 11.3 Å². The van der Waals surface area contributed by atoms with Crippen LogP contribution in [-0.2, 0) is 12.8 Å². The molecule has 0 spiro atoms. The molecule has 1 amide bonds. The molecule has 5 nitrogen and oxygen atoms in total. The lowest BCUT2D eigenvalue weighted by Gasteiger charge is -2.36. The van der Waals surface area contributed by atoms with Crippen molar-refractivity contribution in [1.29, 1.82) is 0 Å². The van der Waals surface area contributed by atoms with Crippen molar-refractivity contribution in [1.82, 2.24) is 14.9 Å². The summed E-state index contributed by atoms with van der Waals surface area (Å²) in [7, 11) is 0. The standard InChI is InChI=1S/C28H30N4OS/c1-18(2)25-29-26(24-22-9-5-6-10-23(22)34-27(24)30-25)31-13-15-32(16-14-31)28(33)21-12-11-19-7-3-4-8-20(19)17-21/h3-4,7-8,11-12,17-18H,5-6,9-10,13-16H2,1-2H3. The van der Waals surface area contributed by atoms with Crippen molar-refractivity contribution in [3.05, 3.63) is 64.3 Å². The topological polar surface area (TPSA) is 49.3 Å². The molecule has 1 fully saturated rings. The van der Waals surface area contributed by atoms with Crippen LogP contribution in [0.15, 0.2) is 42.5 Å². The van der Waals surface area contributed by atoms with Crippen molar-refractivity contribution in [3.63, 3.8) is 0 Å². The SMILES string of the molecule is CC(C)c1nc(N2CCN(C(=O)c3ccc4ccccc4c3)CC2)c2c3c(sc2n1)CCCC3. The monoisotopic (exact) mass is 470 g/mol. The predicted octanol–water partition coefficient (Wildman–Crippen LogP) is 5.81. The number of hydrogen-bond acceptors (Lipinski definition) is 5. The molecular formula is C28H30N4OS. The van der Waals surface area contributed by atoms with Crippen molar-refractivity contribution in [2.75, 3.05) is 31.1 Å². The summed E-state index contributed by atoms with van der Waals surface area (Å²) in [6.07, 6.45) is 4.82. The third kappa shape index (κ3) is 3.74. The summed E-state index contributed by atoms with van der Waals surface area (Å²) in [4.78, 5) is 30.4. The molecule has 1 saturated heterocycles. The van der Waals surface area contributed by atoms with Crippen molar-refractivity contribution in [2.24, 2.45) is 0 Å². The second-order valence-corrected chi connectivity index (χ2v) is 10.9. The average molecular weight is 471 g/mol. The van der Waals surface area contributed by atoms with Gasteiger partial charge in [0.2, 0.25) is 0 Å². The molecule has 0 unspecified atom stereocenters. The largest absolute Gasteiger partial charge is 0.352 e. The minimum Gasteiger partial charge on any atom is -0.352 e. The molecule has 174 valence electrons. The summed E-state index contributed by atoms with van der Waals surface area (Å²) in [5.74, 6) is 2.42. The number of thiophene rings is 1. The van der Waals surface area contributed by atoms with Crippen molar-refractivity contribution < 1.29 is 4.79 Å². The summed E-state index contributed by atoms with van der Waals surface area (Å²) in [6.45, 7) is 7.35. The van der Waals surface area contributed by atoms with E-state index in [1.54, 1.807) is 0 Å². The molecule has 6 heteroatoms. The Labute approximate surface area is 204 Å². The molecule has 1 aliphatic heterocycles. The molecule has 3 heterocycles. The van der Waals surface area contributed by atoms with Crippen LogP contribution in [0.25, 0.3) is 21.0 Å². The Balaban J connectivity index is 1.27. The molecule has 0 atom stereocenters. The van der Waals surface area contributed by atoms with Crippen LogP contribution in [0.3, 0.4) is 0 Å². The smallest absolute Gasteiger partial charge is 0.253 e. The molecule has 2 aromatic heterocycles. The van der Waals surface area contributed by atoms with E-state index >= 15 is 0 Å². The molecule has 1 aliphatic carbocycles. The zero-order valence-corrected chi connectivity index (χ0v) is 20.7. The molecular weight excluding hydrogens is 440 g/mol. The van der Waals surface area contributed by atoms with Gasteiger partial charge in [0.25, 0.3) is 5.91 Å². The normalized spacial score (nSPS) is 16.4. The Kier molecular flexibility index (Phi) is 5.48. The van der Waals surface area contributed by atoms with E-state index in [9.17, 15) is 4.79 Å².